The first-order valence-electron chi connectivity index (χ1n) is 8.19. The van der Waals surface area contributed by atoms with Gasteiger partial charge in [0, 0.05) is 18.2 Å². The van der Waals surface area contributed by atoms with E-state index in [4.69, 9.17) is 4.42 Å². The van der Waals surface area contributed by atoms with Crippen LogP contribution in [0.5, 0.6) is 0 Å². The van der Waals surface area contributed by atoms with E-state index in [1.54, 1.807) is 6.20 Å². The average Bonchev–Trinajstić information content (AvgIpc) is 3.02. The first kappa shape index (κ1) is 20.5. The van der Waals surface area contributed by atoms with Gasteiger partial charge in [-0.2, -0.15) is 0 Å². The number of hydrogen-bond donors (Lipinski definition) is 2. The highest BCUT2D eigenvalue weighted by molar-refractivity contribution is 14.0. The molecule has 0 bridgehead atoms. The summed E-state index contributed by atoms with van der Waals surface area (Å²) in [6.45, 7) is 9.63. The van der Waals surface area contributed by atoms with Gasteiger partial charge in [-0.3, -0.25) is 0 Å². The summed E-state index contributed by atoms with van der Waals surface area (Å²) in [4.78, 5) is 8.85. The Morgan fingerprint density at radius 2 is 1.96 bits per heavy atom. The fourth-order valence-corrected chi connectivity index (χ4v) is 2.04. The lowest BCUT2D eigenvalue weighted by Crippen LogP contribution is -2.41. The molecule has 0 aliphatic heterocycles. The molecule has 0 spiro atoms. The maximum Gasteiger partial charge on any atom is 0.216 e. The minimum absolute atomic E-state index is 0. The molecule has 5 nitrogen and oxygen atoms in total. The van der Waals surface area contributed by atoms with Crippen molar-refractivity contribution >= 4 is 29.9 Å². The smallest absolute Gasteiger partial charge is 0.216 e. The lowest BCUT2D eigenvalue weighted by Gasteiger charge is -2.15. The van der Waals surface area contributed by atoms with E-state index in [0.717, 1.165) is 30.2 Å². The van der Waals surface area contributed by atoms with E-state index in [9.17, 15) is 0 Å². The molecular formula is C18H27IN4O. The fourth-order valence-electron chi connectivity index (χ4n) is 2.04. The van der Waals surface area contributed by atoms with E-state index >= 15 is 0 Å². The lowest BCUT2D eigenvalue weighted by molar-refractivity contribution is 0.508. The van der Waals surface area contributed by atoms with Crippen molar-refractivity contribution in [2.24, 2.45) is 4.99 Å². The summed E-state index contributed by atoms with van der Waals surface area (Å²) in [6.07, 6.45) is 2.80. The highest BCUT2D eigenvalue weighted by Crippen LogP contribution is 2.20. The first-order valence-corrected chi connectivity index (χ1v) is 8.19. The minimum Gasteiger partial charge on any atom is -0.439 e. The average molecular weight is 442 g/mol. The Kier molecular flexibility index (Phi) is 8.81. The molecule has 0 aliphatic carbocycles. The van der Waals surface area contributed by atoms with Crippen LogP contribution in [0.1, 0.15) is 38.6 Å². The number of rotatable bonds is 6. The van der Waals surface area contributed by atoms with Gasteiger partial charge in [0.25, 0.3) is 0 Å². The normalized spacial score (nSPS) is 12.4. The van der Waals surface area contributed by atoms with Crippen LogP contribution in [0.4, 0.5) is 0 Å². The number of hydrogen-bond acceptors (Lipinski definition) is 3. The Balaban J connectivity index is 0.00000288. The summed E-state index contributed by atoms with van der Waals surface area (Å²) < 4.78 is 5.80. The van der Waals surface area contributed by atoms with E-state index < -0.39 is 0 Å². The summed E-state index contributed by atoms with van der Waals surface area (Å²) in [5.41, 5.74) is 2.26. The van der Waals surface area contributed by atoms with E-state index in [1.165, 1.54) is 5.56 Å². The predicted molar refractivity (Wildman–Crippen MR) is 110 cm³/mol. The summed E-state index contributed by atoms with van der Waals surface area (Å²) >= 11 is 0. The second-order valence-corrected chi connectivity index (χ2v) is 5.63. The van der Waals surface area contributed by atoms with Gasteiger partial charge < -0.3 is 15.1 Å². The number of aromatic nitrogens is 1. The van der Waals surface area contributed by atoms with Crippen LogP contribution in [0, 0.1) is 6.92 Å². The molecule has 1 atom stereocenters. The van der Waals surface area contributed by atoms with Gasteiger partial charge >= 0.3 is 0 Å². The van der Waals surface area contributed by atoms with Crippen molar-refractivity contribution in [2.75, 3.05) is 6.54 Å². The Morgan fingerprint density at radius 1 is 1.25 bits per heavy atom. The number of halogens is 1. The van der Waals surface area contributed by atoms with Crippen LogP contribution >= 0.6 is 24.0 Å². The molecule has 0 amide bonds. The third-order valence-electron chi connectivity index (χ3n) is 3.60. The second-order valence-electron chi connectivity index (χ2n) is 5.63. The van der Waals surface area contributed by atoms with Crippen LogP contribution in [-0.4, -0.2) is 23.5 Å². The number of aliphatic imine (C=N–C) groups is 1. The maximum atomic E-state index is 5.80. The van der Waals surface area contributed by atoms with E-state index in [1.807, 2.05) is 12.1 Å². The quantitative estimate of drug-likeness (QED) is 0.402. The molecule has 2 aromatic rings. The van der Waals surface area contributed by atoms with E-state index in [0.29, 0.717) is 18.5 Å². The Morgan fingerprint density at radius 3 is 2.58 bits per heavy atom. The number of benzene rings is 1. The summed E-state index contributed by atoms with van der Waals surface area (Å²) in [5, 5.41) is 6.58. The number of nitrogens with zero attached hydrogens (tertiary/aromatic N) is 2. The molecule has 0 fully saturated rings. The SMILES string of the molecule is CCNC(=NCc1ncc(-c2ccc(C)cc2)o1)NC(C)CC.I. The number of nitrogens with one attached hydrogen (secondary N) is 2. The van der Waals surface area contributed by atoms with Crippen LogP contribution in [0.3, 0.4) is 0 Å². The molecule has 1 aromatic carbocycles. The van der Waals surface area contributed by atoms with Crippen LogP contribution in [0.25, 0.3) is 11.3 Å². The molecule has 2 N–H and O–H groups in total. The van der Waals surface area contributed by atoms with Crippen molar-refractivity contribution in [3.8, 4) is 11.3 Å². The van der Waals surface area contributed by atoms with Crippen LogP contribution < -0.4 is 10.6 Å². The standard InChI is InChI=1S/C18H26N4O.HI/c1-5-14(4)22-18(19-6-2)21-12-17-20-11-16(23-17)15-9-7-13(3)8-10-15;/h7-11,14H,5-6,12H2,1-4H3,(H2,19,21,22);1H. The number of oxazole rings is 1. The van der Waals surface area contributed by atoms with Gasteiger partial charge in [-0.25, -0.2) is 9.98 Å². The summed E-state index contributed by atoms with van der Waals surface area (Å²) in [6, 6.07) is 8.58. The van der Waals surface area contributed by atoms with Gasteiger partial charge in [0.05, 0.1) is 6.20 Å². The third-order valence-corrected chi connectivity index (χ3v) is 3.60. The van der Waals surface area contributed by atoms with Gasteiger partial charge in [-0.1, -0.05) is 36.8 Å². The molecule has 1 unspecified atom stereocenters. The maximum absolute atomic E-state index is 5.80. The molecule has 0 aliphatic rings. The fraction of sp³-hybridized carbons (Fsp3) is 0.444. The van der Waals surface area contributed by atoms with Crippen molar-refractivity contribution in [2.45, 2.75) is 46.7 Å². The van der Waals surface area contributed by atoms with Crippen molar-refractivity contribution in [1.29, 1.82) is 0 Å². The van der Waals surface area contributed by atoms with Crippen LogP contribution in [-0.2, 0) is 6.54 Å². The lowest BCUT2D eigenvalue weighted by atomic mass is 10.1. The highest BCUT2D eigenvalue weighted by Gasteiger charge is 2.07. The van der Waals surface area contributed by atoms with Gasteiger partial charge in [-0.15, -0.1) is 24.0 Å². The summed E-state index contributed by atoms with van der Waals surface area (Å²) in [7, 11) is 0. The zero-order valence-corrected chi connectivity index (χ0v) is 17.1. The topological polar surface area (TPSA) is 62.5 Å². The van der Waals surface area contributed by atoms with Crippen molar-refractivity contribution in [3.05, 3.63) is 41.9 Å². The molecule has 24 heavy (non-hydrogen) atoms. The van der Waals surface area contributed by atoms with Gasteiger partial charge in [0.2, 0.25) is 5.89 Å². The molecule has 0 saturated carbocycles. The van der Waals surface area contributed by atoms with Gasteiger partial charge in [-0.05, 0) is 27.2 Å². The zero-order valence-electron chi connectivity index (χ0n) is 14.8. The Hall–Kier alpha value is -1.57. The molecule has 0 radical (unpaired) electrons. The highest BCUT2D eigenvalue weighted by atomic mass is 127. The van der Waals surface area contributed by atoms with Crippen molar-refractivity contribution in [3.63, 3.8) is 0 Å². The van der Waals surface area contributed by atoms with E-state index in [2.05, 4.69) is 60.4 Å². The van der Waals surface area contributed by atoms with Crippen LogP contribution in [0.2, 0.25) is 0 Å². The van der Waals surface area contributed by atoms with Gasteiger partial charge in [0.15, 0.2) is 11.7 Å². The monoisotopic (exact) mass is 442 g/mol. The largest absolute Gasteiger partial charge is 0.439 e. The molecule has 2 rings (SSSR count). The minimum atomic E-state index is 0. The Labute approximate surface area is 161 Å². The molecule has 1 aromatic heterocycles. The molecule has 1 heterocycles. The van der Waals surface area contributed by atoms with Crippen LogP contribution in [0.15, 0.2) is 39.9 Å². The second kappa shape index (κ2) is 10.3. The zero-order chi connectivity index (χ0) is 16.7. The molecule has 0 saturated heterocycles. The molecule has 132 valence electrons. The predicted octanol–water partition coefficient (Wildman–Crippen LogP) is 4.12. The van der Waals surface area contributed by atoms with Crippen molar-refractivity contribution < 1.29 is 4.42 Å². The number of aryl methyl sites for hydroxylation is 1. The molecule has 6 heteroatoms. The molecular weight excluding hydrogens is 415 g/mol. The van der Waals surface area contributed by atoms with E-state index in [-0.39, 0.29) is 24.0 Å². The van der Waals surface area contributed by atoms with Gasteiger partial charge in [0.1, 0.15) is 6.54 Å². The van der Waals surface area contributed by atoms with Crippen molar-refractivity contribution in [1.82, 2.24) is 15.6 Å². The third kappa shape index (κ3) is 6.14. The Bertz CT molecular complexity index is 637. The number of guanidine groups is 1. The summed E-state index contributed by atoms with van der Waals surface area (Å²) in [5.74, 6) is 2.17. The first-order chi connectivity index (χ1) is 11.1.